The van der Waals surface area contributed by atoms with Crippen LogP contribution in [0, 0.1) is 0 Å². The summed E-state index contributed by atoms with van der Waals surface area (Å²) in [6, 6.07) is 17.5. The van der Waals surface area contributed by atoms with Crippen molar-refractivity contribution in [3.63, 3.8) is 0 Å². The third kappa shape index (κ3) is 7.85. The highest BCUT2D eigenvalue weighted by atomic mass is 16.6. The summed E-state index contributed by atoms with van der Waals surface area (Å²) in [5, 5.41) is 24.2. The molecule has 0 spiro atoms. The van der Waals surface area contributed by atoms with Gasteiger partial charge in [0, 0.05) is 6.04 Å². The van der Waals surface area contributed by atoms with Crippen molar-refractivity contribution in [2.75, 3.05) is 0 Å². The van der Waals surface area contributed by atoms with Crippen LogP contribution in [0.3, 0.4) is 0 Å². The van der Waals surface area contributed by atoms with Crippen LogP contribution in [0.15, 0.2) is 60.7 Å². The van der Waals surface area contributed by atoms with E-state index in [9.17, 15) is 15.0 Å². The maximum atomic E-state index is 12.3. The van der Waals surface area contributed by atoms with Gasteiger partial charge in [0.1, 0.15) is 11.7 Å². The molecule has 2 aromatic rings. The minimum atomic E-state index is -1.26. The number of ether oxygens (including phenoxy) is 1. The minimum Gasteiger partial charge on any atom is -0.444 e. The molecule has 0 aliphatic heterocycles. The fraction of sp³-hybridized carbons (Fsp3) is 0.435. The van der Waals surface area contributed by atoms with Gasteiger partial charge in [-0.1, -0.05) is 60.7 Å². The molecule has 0 bridgehead atoms. The van der Waals surface area contributed by atoms with E-state index in [1.807, 2.05) is 60.7 Å². The van der Waals surface area contributed by atoms with Crippen LogP contribution < -0.4 is 11.1 Å². The second-order valence-corrected chi connectivity index (χ2v) is 8.28. The van der Waals surface area contributed by atoms with Crippen molar-refractivity contribution in [1.29, 1.82) is 0 Å². The number of aliphatic hydroxyl groups is 2. The number of nitrogens with one attached hydrogen (secondary N) is 1. The van der Waals surface area contributed by atoms with Crippen LogP contribution in [0.1, 0.15) is 31.9 Å². The van der Waals surface area contributed by atoms with Crippen molar-refractivity contribution < 1.29 is 19.7 Å². The molecule has 0 aliphatic rings. The maximum Gasteiger partial charge on any atom is 0.407 e. The molecule has 0 unspecified atom stereocenters. The molecular formula is C23H32N2O4. The molecule has 0 saturated carbocycles. The van der Waals surface area contributed by atoms with E-state index in [2.05, 4.69) is 5.32 Å². The molecule has 6 nitrogen and oxygen atoms in total. The van der Waals surface area contributed by atoms with Crippen molar-refractivity contribution in [2.45, 2.75) is 63.5 Å². The van der Waals surface area contributed by atoms with Gasteiger partial charge in [0.05, 0.1) is 12.1 Å². The lowest BCUT2D eigenvalue weighted by Gasteiger charge is -2.31. The lowest BCUT2D eigenvalue weighted by atomic mass is 9.92. The van der Waals surface area contributed by atoms with Crippen LogP contribution in [0.25, 0.3) is 0 Å². The molecular weight excluding hydrogens is 368 g/mol. The van der Waals surface area contributed by atoms with E-state index >= 15 is 0 Å². The van der Waals surface area contributed by atoms with Gasteiger partial charge >= 0.3 is 6.09 Å². The van der Waals surface area contributed by atoms with E-state index in [0.717, 1.165) is 11.1 Å². The fourth-order valence-electron chi connectivity index (χ4n) is 3.08. The van der Waals surface area contributed by atoms with Gasteiger partial charge < -0.3 is 26.0 Å². The summed E-state index contributed by atoms with van der Waals surface area (Å²) in [6.07, 6.45) is -2.40. The van der Waals surface area contributed by atoms with Gasteiger partial charge in [-0.3, -0.25) is 0 Å². The van der Waals surface area contributed by atoms with Gasteiger partial charge in [-0.2, -0.15) is 0 Å². The average molecular weight is 401 g/mol. The number of carbonyl (C=O) groups excluding carboxylic acids is 1. The quantitative estimate of drug-likeness (QED) is 0.545. The van der Waals surface area contributed by atoms with Crippen molar-refractivity contribution in [3.05, 3.63) is 71.8 Å². The molecule has 1 amide bonds. The monoisotopic (exact) mass is 400 g/mol. The van der Waals surface area contributed by atoms with E-state index in [1.165, 1.54) is 0 Å². The van der Waals surface area contributed by atoms with Crippen LogP contribution in [0.4, 0.5) is 4.79 Å². The van der Waals surface area contributed by atoms with Gasteiger partial charge in [-0.15, -0.1) is 0 Å². The third-order valence-corrected chi connectivity index (χ3v) is 4.52. The first-order valence-corrected chi connectivity index (χ1v) is 9.85. The largest absolute Gasteiger partial charge is 0.444 e. The number of amides is 1. The summed E-state index contributed by atoms with van der Waals surface area (Å²) in [6.45, 7) is 5.29. The van der Waals surface area contributed by atoms with Gasteiger partial charge in [0.2, 0.25) is 0 Å². The summed E-state index contributed by atoms with van der Waals surface area (Å²) in [7, 11) is 0. The standard InChI is InChI=1S/C23H32N2O4/c1-23(2,3)29-22(28)25-19(15-17-12-8-5-9-13-17)21(27)20(26)18(24)14-16-10-6-4-7-11-16/h4-13,18-21,26-27H,14-15,24H2,1-3H3,(H,25,28)/t18-,19-,20-,21+/m0/s1. The van der Waals surface area contributed by atoms with Crippen molar-refractivity contribution in [2.24, 2.45) is 5.73 Å². The second kappa shape index (κ2) is 10.4. The number of hydrogen-bond donors (Lipinski definition) is 4. The van der Waals surface area contributed by atoms with Gasteiger partial charge in [-0.05, 0) is 44.7 Å². The van der Waals surface area contributed by atoms with E-state index in [4.69, 9.17) is 10.5 Å². The summed E-state index contributed by atoms with van der Waals surface area (Å²) >= 11 is 0. The lowest BCUT2D eigenvalue weighted by Crippen LogP contribution is -2.55. The highest BCUT2D eigenvalue weighted by molar-refractivity contribution is 5.68. The number of rotatable bonds is 8. The molecule has 5 N–H and O–H groups in total. The zero-order valence-electron chi connectivity index (χ0n) is 17.3. The first kappa shape index (κ1) is 22.9. The number of carbonyl (C=O) groups is 1. The predicted octanol–water partition coefficient (Wildman–Crippen LogP) is 2.41. The van der Waals surface area contributed by atoms with Gasteiger partial charge in [0.15, 0.2) is 0 Å². The highest BCUT2D eigenvalue weighted by Gasteiger charge is 2.32. The minimum absolute atomic E-state index is 0.330. The Labute approximate surface area is 172 Å². The number of nitrogens with two attached hydrogens (primary N) is 1. The SMILES string of the molecule is CC(C)(C)OC(=O)N[C@@H](Cc1ccccc1)[C@@H](O)[C@@H](O)[C@@H](N)Cc1ccccc1. The Morgan fingerprint density at radius 2 is 1.41 bits per heavy atom. The summed E-state index contributed by atoms with van der Waals surface area (Å²) < 4.78 is 5.32. The van der Waals surface area contributed by atoms with E-state index in [-0.39, 0.29) is 0 Å². The Morgan fingerprint density at radius 3 is 1.90 bits per heavy atom. The molecule has 0 aliphatic carbocycles. The van der Waals surface area contributed by atoms with Crippen molar-refractivity contribution in [1.82, 2.24) is 5.32 Å². The molecule has 0 fully saturated rings. The maximum absolute atomic E-state index is 12.3. The highest BCUT2D eigenvalue weighted by Crippen LogP contribution is 2.15. The van der Waals surface area contributed by atoms with Crippen LogP contribution in [0.5, 0.6) is 0 Å². The number of alkyl carbamates (subject to hydrolysis) is 1. The number of aliphatic hydroxyl groups excluding tert-OH is 2. The Kier molecular flexibility index (Phi) is 8.20. The summed E-state index contributed by atoms with van der Waals surface area (Å²) in [4.78, 5) is 12.3. The normalized spacial score (nSPS) is 15.8. The zero-order chi connectivity index (χ0) is 21.4. The van der Waals surface area contributed by atoms with E-state index in [1.54, 1.807) is 20.8 Å². The Morgan fingerprint density at radius 1 is 0.931 bits per heavy atom. The Hall–Kier alpha value is -2.41. The second-order valence-electron chi connectivity index (χ2n) is 8.28. The van der Waals surface area contributed by atoms with Gasteiger partial charge in [0.25, 0.3) is 0 Å². The number of benzene rings is 2. The van der Waals surface area contributed by atoms with Crippen LogP contribution in [-0.4, -0.2) is 46.2 Å². The molecule has 2 rings (SSSR count). The van der Waals surface area contributed by atoms with Gasteiger partial charge in [-0.25, -0.2) is 4.79 Å². The molecule has 29 heavy (non-hydrogen) atoms. The average Bonchev–Trinajstić information content (AvgIpc) is 2.66. The van der Waals surface area contributed by atoms with Crippen molar-refractivity contribution >= 4 is 6.09 Å². The smallest absolute Gasteiger partial charge is 0.407 e. The third-order valence-electron chi connectivity index (χ3n) is 4.52. The van der Waals surface area contributed by atoms with E-state index in [0.29, 0.717) is 12.8 Å². The first-order valence-electron chi connectivity index (χ1n) is 9.85. The molecule has 158 valence electrons. The first-order chi connectivity index (χ1) is 13.7. The number of hydrogen-bond acceptors (Lipinski definition) is 5. The molecule has 0 saturated heterocycles. The Balaban J connectivity index is 2.11. The van der Waals surface area contributed by atoms with Crippen LogP contribution >= 0.6 is 0 Å². The van der Waals surface area contributed by atoms with Crippen LogP contribution in [-0.2, 0) is 17.6 Å². The fourth-order valence-corrected chi connectivity index (χ4v) is 3.08. The molecule has 6 heteroatoms. The zero-order valence-corrected chi connectivity index (χ0v) is 17.3. The van der Waals surface area contributed by atoms with Crippen LogP contribution in [0.2, 0.25) is 0 Å². The summed E-state index contributed by atoms with van der Waals surface area (Å²) in [5.74, 6) is 0. The molecule has 0 heterocycles. The molecule has 4 atom stereocenters. The molecule has 0 aromatic heterocycles. The van der Waals surface area contributed by atoms with Crippen molar-refractivity contribution in [3.8, 4) is 0 Å². The topological polar surface area (TPSA) is 105 Å². The van der Waals surface area contributed by atoms with E-state index < -0.39 is 36.0 Å². The summed E-state index contributed by atoms with van der Waals surface area (Å²) in [5.41, 5.74) is 7.37. The lowest BCUT2D eigenvalue weighted by molar-refractivity contribution is -0.0205. The Bertz CT molecular complexity index is 746. The molecule has 0 radical (unpaired) electrons. The molecule has 2 aromatic carbocycles. The predicted molar refractivity (Wildman–Crippen MR) is 113 cm³/mol.